The maximum absolute atomic E-state index is 9.45. The number of hydrogen-bond donors (Lipinski definition) is 1. The fraction of sp³-hybridized carbons (Fsp3) is 0.538. The molecule has 0 spiro atoms. The molecule has 2 rings (SSSR count). The molecule has 1 saturated carbocycles. The van der Waals surface area contributed by atoms with Crippen LogP contribution in [0.2, 0.25) is 0 Å². The van der Waals surface area contributed by atoms with Gasteiger partial charge in [-0.05, 0) is 50.3 Å². The van der Waals surface area contributed by atoms with Gasteiger partial charge in [0.15, 0.2) is 0 Å². The number of rotatable bonds is 3. The van der Waals surface area contributed by atoms with Crippen LogP contribution in [0.5, 0.6) is 5.75 Å². The Morgan fingerprint density at radius 1 is 1.33 bits per heavy atom. The lowest BCUT2D eigenvalue weighted by Crippen LogP contribution is -2.10. The van der Waals surface area contributed by atoms with Crippen LogP contribution in [0.3, 0.4) is 0 Å². The highest BCUT2D eigenvalue weighted by atomic mass is 16.5. The first kappa shape index (κ1) is 10.5. The number of aliphatic hydroxyl groups is 1. The Morgan fingerprint density at radius 2 is 2.07 bits per heavy atom. The fourth-order valence-corrected chi connectivity index (χ4v) is 2.05. The molecule has 0 amide bonds. The Labute approximate surface area is 90.9 Å². The second kappa shape index (κ2) is 4.67. The molecule has 0 unspecified atom stereocenters. The van der Waals surface area contributed by atoms with Crippen molar-refractivity contribution in [1.29, 1.82) is 0 Å². The molecule has 2 heteroatoms. The first-order valence-electron chi connectivity index (χ1n) is 5.70. The van der Waals surface area contributed by atoms with Crippen LogP contribution in [0.4, 0.5) is 0 Å². The van der Waals surface area contributed by atoms with Crippen LogP contribution in [0.25, 0.3) is 0 Å². The molecule has 1 aromatic rings. The van der Waals surface area contributed by atoms with E-state index in [1.54, 1.807) is 6.92 Å². The number of benzene rings is 1. The summed E-state index contributed by atoms with van der Waals surface area (Å²) in [5.74, 6) is 0.889. The molecular formula is C13H18O2. The van der Waals surface area contributed by atoms with Crippen LogP contribution in [-0.4, -0.2) is 11.2 Å². The van der Waals surface area contributed by atoms with Crippen LogP contribution in [-0.2, 0) is 0 Å². The van der Waals surface area contributed by atoms with Crippen molar-refractivity contribution in [1.82, 2.24) is 0 Å². The summed E-state index contributed by atoms with van der Waals surface area (Å²) in [6.45, 7) is 1.77. The van der Waals surface area contributed by atoms with E-state index in [1.807, 2.05) is 24.3 Å². The van der Waals surface area contributed by atoms with E-state index in [2.05, 4.69) is 0 Å². The van der Waals surface area contributed by atoms with Gasteiger partial charge in [0.05, 0.1) is 12.2 Å². The number of ether oxygens (including phenoxy) is 1. The average Bonchev–Trinajstić information content (AvgIpc) is 2.71. The van der Waals surface area contributed by atoms with Crippen LogP contribution >= 0.6 is 0 Å². The van der Waals surface area contributed by atoms with E-state index in [0.29, 0.717) is 6.10 Å². The molecule has 1 aromatic carbocycles. The van der Waals surface area contributed by atoms with Crippen LogP contribution in [0, 0.1) is 0 Å². The zero-order valence-corrected chi connectivity index (χ0v) is 9.15. The quantitative estimate of drug-likeness (QED) is 0.823. The third kappa shape index (κ3) is 2.72. The molecule has 0 aliphatic heterocycles. The Bertz CT molecular complexity index is 314. The van der Waals surface area contributed by atoms with Gasteiger partial charge >= 0.3 is 0 Å². The maximum atomic E-state index is 9.45. The van der Waals surface area contributed by atoms with Crippen LogP contribution in [0.1, 0.15) is 44.3 Å². The monoisotopic (exact) mass is 206 g/mol. The second-order valence-corrected chi connectivity index (χ2v) is 4.27. The number of aliphatic hydroxyl groups excluding tert-OH is 1. The topological polar surface area (TPSA) is 29.5 Å². The van der Waals surface area contributed by atoms with E-state index in [-0.39, 0.29) is 0 Å². The van der Waals surface area contributed by atoms with Crippen molar-refractivity contribution in [2.45, 2.75) is 44.8 Å². The highest BCUT2D eigenvalue weighted by molar-refractivity contribution is 5.29. The Balaban J connectivity index is 2.04. The first-order valence-corrected chi connectivity index (χ1v) is 5.70. The highest BCUT2D eigenvalue weighted by Gasteiger charge is 2.16. The molecule has 0 heterocycles. The molecular weight excluding hydrogens is 188 g/mol. The first-order chi connectivity index (χ1) is 7.25. The molecule has 1 aliphatic carbocycles. The Hall–Kier alpha value is -1.02. The van der Waals surface area contributed by atoms with E-state index in [4.69, 9.17) is 4.74 Å². The molecule has 0 saturated heterocycles. The summed E-state index contributed by atoms with van der Waals surface area (Å²) >= 11 is 0. The molecule has 1 fully saturated rings. The predicted octanol–water partition coefficient (Wildman–Crippen LogP) is 3.06. The SMILES string of the molecule is C[C@H](O)c1cccc(OC2CCCC2)c1. The van der Waals surface area contributed by atoms with Gasteiger partial charge in [-0.3, -0.25) is 0 Å². The van der Waals surface area contributed by atoms with E-state index in [1.165, 1.54) is 25.7 Å². The summed E-state index contributed by atoms with van der Waals surface area (Å²) in [5.41, 5.74) is 0.922. The Morgan fingerprint density at radius 3 is 2.73 bits per heavy atom. The minimum absolute atomic E-state index is 0.384. The zero-order valence-electron chi connectivity index (χ0n) is 9.15. The normalized spacial score (nSPS) is 19.1. The van der Waals surface area contributed by atoms with Gasteiger partial charge in [-0.1, -0.05) is 12.1 Å². The summed E-state index contributed by atoms with van der Waals surface area (Å²) < 4.78 is 5.86. The summed E-state index contributed by atoms with van der Waals surface area (Å²) in [6, 6.07) is 7.76. The molecule has 0 aromatic heterocycles. The van der Waals surface area contributed by atoms with E-state index in [9.17, 15) is 5.11 Å². The van der Waals surface area contributed by atoms with Crippen LogP contribution < -0.4 is 4.74 Å². The van der Waals surface area contributed by atoms with Gasteiger partial charge in [-0.2, -0.15) is 0 Å². The molecule has 0 bridgehead atoms. The lowest BCUT2D eigenvalue weighted by molar-refractivity contribution is 0.193. The lowest BCUT2D eigenvalue weighted by Gasteiger charge is -2.14. The van der Waals surface area contributed by atoms with E-state index < -0.39 is 6.10 Å². The summed E-state index contributed by atoms with van der Waals surface area (Å²) in [7, 11) is 0. The zero-order chi connectivity index (χ0) is 10.7. The highest BCUT2D eigenvalue weighted by Crippen LogP contribution is 2.25. The number of hydrogen-bond acceptors (Lipinski definition) is 2. The van der Waals surface area contributed by atoms with Gasteiger partial charge in [-0.25, -0.2) is 0 Å². The van der Waals surface area contributed by atoms with Gasteiger partial charge in [-0.15, -0.1) is 0 Å². The third-order valence-corrected chi connectivity index (χ3v) is 2.95. The van der Waals surface area contributed by atoms with Gasteiger partial charge in [0.25, 0.3) is 0 Å². The molecule has 82 valence electrons. The largest absolute Gasteiger partial charge is 0.490 e. The summed E-state index contributed by atoms with van der Waals surface area (Å²) in [6.07, 6.45) is 4.85. The van der Waals surface area contributed by atoms with Gasteiger partial charge in [0, 0.05) is 0 Å². The minimum atomic E-state index is -0.419. The van der Waals surface area contributed by atoms with Crippen molar-refractivity contribution in [3.63, 3.8) is 0 Å². The fourth-order valence-electron chi connectivity index (χ4n) is 2.05. The smallest absolute Gasteiger partial charge is 0.120 e. The standard InChI is InChI=1S/C13H18O2/c1-10(14)11-5-4-8-13(9-11)15-12-6-2-3-7-12/h4-5,8-10,12,14H,2-3,6-7H2,1H3/t10-/m0/s1. The van der Waals surface area contributed by atoms with E-state index in [0.717, 1.165) is 11.3 Å². The van der Waals surface area contributed by atoms with E-state index >= 15 is 0 Å². The minimum Gasteiger partial charge on any atom is -0.490 e. The maximum Gasteiger partial charge on any atom is 0.120 e. The van der Waals surface area contributed by atoms with Crippen LogP contribution in [0.15, 0.2) is 24.3 Å². The average molecular weight is 206 g/mol. The van der Waals surface area contributed by atoms with Gasteiger partial charge in [0.2, 0.25) is 0 Å². The molecule has 1 N–H and O–H groups in total. The molecule has 1 aliphatic rings. The summed E-state index contributed by atoms with van der Waals surface area (Å²) in [5, 5.41) is 9.45. The van der Waals surface area contributed by atoms with Gasteiger partial charge in [0.1, 0.15) is 5.75 Å². The third-order valence-electron chi connectivity index (χ3n) is 2.95. The van der Waals surface area contributed by atoms with Crippen molar-refractivity contribution in [3.8, 4) is 5.75 Å². The van der Waals surface area contributed by atoms with Crippen molar-refractivity contribution >= 4 is 0 Å². The molecule has 2 nitrogen and oxygen atoms in total. The van der Waals surface area contributed by atoms with Crippen molar-refractivity contribution in [2.24, 2.45) is 0 Å². The van der Waals surface area contributed by atoms with Crippen molar-refractivity contribution < 1.29 is 9.84 Å². The van der Waals surface area contributed by atoms with Crippen molar-refractivity contribution in [2.75, 3.05) is 0 Å². The molecule has 1 atom stereocenters. The second-order valence-electron chi connectivity index (χ2n) is 4.27. The Kier molecular flexibility index (Phi) is 3.27. The molecule has 0 radical (unpaired) electrons. The van der Waals surface area contributed by atoms with Gasteiger partial charge < -0.3 is 9.84 Å². The van der Waals surface area contributed by atoms with Crippen molar-refractivity contribution in [3.05, 3.63) is 29.8 Å². The lowest BCUT2D eigenvalue weighted by atomic mass is 10.1. The molecule has 15 heavy (non-hydrogen) atoms. The summed E-state index contributed by atoms with van der Waals surface area (Å²) in [4.78, 5) is 0. The predicted molar refractivity (Wildman–Crippen MR) is 60.0 cm³/mol.